The van der Waals surface area contributed by atoms with Crippen molar-refractivity contribution in [2.24, 2.45) is 5.92 Å². The predicted molar refractivity (Wildman–Crippen MR) is 127 cm³/mol. The number of phenols is 1. The van der Waals surface area contributed by atoms with Crippen molar-refractivity contribution in [3.63, 3.8) is 0 Å². The molecule has 0 radical (unpaired) electrons. The maximum Gasteiger partial charge on any atom is 0.210 e. The molecule has 186 valence electrons. The number of phenolic OH excluding ortho intramolecular Hbond substituents is 1. The molecule has 33 heavy (non-hydrogen) atoms. The number of hydrogen-bond donors (Lipinski definition) is 5. The van der Waals surface area contributed by atoms with Gasteiger partial charge < -0.3 is 35.0 Å². The van der Waals surface area contributed by atoms with E-state index in [1.165, 1.54) is 11.1 Å². The Hall–Kier alpha value is -1.90. The molecule has 0 saturated carbocycles. The SMILES string of the molecule is CCCCc1cc(O)c(C/C=C(\C)CCC=C(C)C)c(OC2O[C@H](O)[C@@H](O)[C@H](O)[C@H]2CO)c1. The Kier molecular flexibility index (Phi) is 10.9. The Labute approximate surface area is 197 Å². The quantitative estimate of drug-likeness (QED) is 0.319. The number of allylic oxidation sites excluding steroid dienone is 4. The molecule has 1 unspecified atom stereocenters. The molecular formula is C26H40O7. The van der Waals surface area contributed by atoms with E-state index in [-0.39, 0.29) is 5.75 Å². The second-order valence-corrected chi connectivity index (χ2v) is 9.11. The first kappa shape index (κ1) is 27.3. The third-order valence-corrected chi connectivity index (χ3v) is 5.97. The molecule has 1 heterocycles. The first-order valence-electron chi connectivity index (χ1n) is 11.8. The van der Waals surface area contributed by atoms with Crippen LogP contribution in [0.3, 0.4) is 0 Å². The van der Waals surface area contributed by atoms with Gasteiger partial charge in [-0.05, 0) is 70.6 Å². The van der Waals surface area contributed by atoms with Crippen LogP contribution >= 0.6 is 0 Å². The standard InChI is InChI=1S/C26H40O7/c1-5-6-10-18-13-21(28)19(12-11-17(4)9-7-8-16(2)3)22(14-18)32-26-20(15-27)23(29)24(30)25(31)33-26/h8,11,13-14,20,23-31H,5-7,9-10,12,15H2,1-4H3/b17-11+/t20-,23-,24+,25+,26?/m1/s1. The number of unbranched alkanes of at least 4 members (excludes halogenated alkanes) is 1. The van der Waals surface area contributed by atoms with Gasteiger partial charge in [0.05, 0.1) is 18.6 Å². The van der Waals surface area contributed by atoms with E-state index in [9.17, 15) is 25.5 Å². The summed E-state index contributed by atoms with van der Waals surface area (Å²) in [6.07, 6.45) is 3.43. The molecular weight excluding hydrogens is 424 g/mol. The smallest absolute Gasteiger partial charge is 0.210 e. The Morgan fingerprint density at radius 1 is 1.09 bits per heavy atom. The highest BCUT2D eigenvalue weighted by molar-refractivity contribution is 5.48. The molecule has 1 fully saturated rings. The van der Waals surface area contributed by atoms with Crippen molar-refractivity contribution in [1.82, 2.24) is 0 Å². The number of aromatic hydroxyl groups is 1. The lowest BCUT2D eigenvalue weighted by atomic mass is 9.94. The summed E-state index contributed by atoms with van der Waals surface area (Å²) >= 11 is 0. The summed E-state index contributed by atoms with van der Waals surface area (Å²) in [6.45, 7) is 7.77. The van der Waals surface area contributed by atoms with Crippen LogP contribution in [0, 0.1) is 5.92 Å². The molecule has 7 nitrogen and oxygen atoms in total. The number of aliphatic hydroxyl groups is 4. The fourth-order valence-corrected chi connectivity index (χ4v) is 3.82. The van der Waals surface area contributed by atoms with Gasteiger partial charge in [-0.1, -0.05) is 36.6 Å². The van der Waals surface area contributed by atoms with Crippen LogP contribution in [0.5, 0.6) is 11.5 Å². The van der Waals surface area contributed by atoms with Crippen molar-refractivity contribution in [3.05, 3.63) is 46.6 Å². The molecule has 0 aromatic heterocycles. The summed E-state index contributed by atoms with van der Waals surface area (Å²) in [4.78, 5) is 0. The highest BCUT2D eigenvalue weighted by Crippen LogP contribution is 2.35. The minimum Gasteiger partial charge on any atom is -0.508 e. The van der Waals surface area contributed by atoms with Crippen LogP contribution in [0.15, 0.2) is 35.4 Å². The van der Waals surface area contributed by atoms with E-state index in [1.54, 1.807) is 6.07 Å². The van der Waals surface area contributed by atoms with Gasteiger partial charge in [-0.2, -0.15) is 0 Å². The summed E-state index contributed by atoms with van der Waals surface area (Å²) in [5, 5.41) is 50.6. The molecule has 0 spiro atoms. The van der Waals surface area contributed by atoms with Gasteiger partial charge in [0, 0.05) is 5.56 Å². The number of aryl methyl sites for hydroxylation is 1. The predicted octanol–water partition coefficient (Wildman–Crippen LogP) is 3.35. The zero-order valence-electron chi connectivity index (χ0n) is 20.2. The van der Waals surface area contributed by atoms with Crippen LogP contribution in [0.25, 0.3) is 0 Å². The van der Waals surface area contributed by atoms with Gasteiger partial charge in [0.15, 0.2) is 6.29 Å². The molecule has 1 aliphatic heterocycles. The van der Waals surface area contributed by atoms with E-state index >= 15 is 0 Å². The van der Waals surface area contributed by atoms with Crippen molar-refractivity contribution in [2.75, 3.05) is 6.61 Å². The number of hydrogen-bond acceptors (Lipinski definition) is 7. The normalized spacial score (nSPS) is 25.7. The molecule has 2 rings (SSSR count). The van der Waals surface area contributed by atoms with Gasteiger partial charge in [-0.15, -0.1) is 0 Å². The van der Waals surface area contributed by atoms with Gasteiger partial charge >= 0.3 is 0 Å². The molecule has 5 atom stereocenters. The summed E-state index contributed by atoms with van der Waals surface area (Å²) in [5.74, 6) is -0.489. The average molecular weight is 465 g/mol. The van der Waals surface area contributed by atoms with E-state index in [0.29, 0.717) is 17.7 Å². The van der Waals surface area contributed by atoms with Crippen LogP contribution < -0.4 is 4.74 Å². The van der Waals surface area contributed by atoms with Crippen molar-refractivity contribution in [1.29, 1.82) is 0 Å². The highest BCUT2D eigenvalue weighted by Gasteiger charge is 2.45. The molecule has 1 aromatic rings. The summed E-state index contributed by atoms with van der Waals surface area (Å²) < 4.78 is 11.4. The third kappa shape index (κ3) is 7.83. The first-order chi connectivity index (χ1) is 15.7. The molecule has 5 N–H and O–H groups in total. The zero-order chi connectivity index (χ0) is 24.5. The van der Waals surface area contributed by atoms with Gasteiger partial charge in [-0.25, -0.2) is 0 Å². The van der Waals surface area contributed by atoms with Crippen molar-refractivity contribution < 1.29 is 35.0 Å². The van der Waals surface area contributed by atoms with Crippen LogP contribution in [0.4, 0.5) is 0 Å². The lowest BCUT2D eigenvalue weighted by Crippen LogP contribution is -2.57. The second-order valence-electron chi connectivity index (χ2n) is 9.11. The monoisotopic (exact) mass is 464 g/mol. The summed E-state index contributed by atoms with van der Waals surface area (Å²) in [5.41, 5.74) is 3.92. The van der Waals surface area contributed by atoms with Gasteiger partial charge in [0.1, 0.15) is 17.6 Å². The number of aliphatic hydroxyl groups excluding tert-OH is 4. The van der Waals surface area contributed by atoms with Gasteiger partial charge in [0.2, 0.25) is 6.29 Å². The Bertz CT molecular complexity index is 813. The molecule has 0 amide bonds. The minimum atomic E-state index is -1.65. The fourth-order valence-electron chi connectivity index (χ4n) is 3.82. The van der Waals surface area contributed by atoms with Crippen LogP contribution in [0.1, 0.15) is 64.5 Å². The second kappa shape index (κ2) is 13.1. The van der Waals surface area contributed by atoms with E-state index in [2.05, 4.69) is 26.8 Å². The molecule has 1 aliphatic rings. The van der Waals surface area contributed by atoms with E-state index < -0.39 is 37.3 Å². The first-order valence-corrected chi connectivity index (χ1v) is 11.8. The third-order valence-electron chi connectivity index (χ3n) is 5.97. The topological polar surface area (TPSA) is 120 Å². The maximum atomic E-state index is 10.8. The Morgan fingerprint density at radius 2 is 1.82 bits per heavy atom. The van der Waals surface area contributed by atoms with Crippen molar-refractivity contribution in [2.45, 2.75) is 91.0 Å². The summed E-state index contributed by atoms with van der Waals surface area (Å²) in [7, 11) is 0. The number of benzene rings is 1. The lowest BCUT2D eigenvalue weighted by Gasteiger charge is -2.40. The zero-order valence-corrected chi connectivity index (χ0v) is 20.2. The largest absolute Gasteiger partial charge is 0.508 e. The fraction of sp³-hybridized carbons (Fsp3) is 0.615. The molecule has 0 aliphatic carbocycles. The molecule has 1 saturated heterocycles. The summed E-state index contributed by atoms with van der Waals surface area (Å²) in [6, 6.07) is 3.57. The van der Waals surface area contributed by atoms with E-state index in [1.807, 2.05) is 19.1 Å². The van der Waals surface area contributed by atoms with Gasteiger partial charge in [-0.3, -0.25) is 0 Å². The Morgan fingerprint density at radius 3 is 2.45 bits per heavy atom. The van der Waals surface area contributed by atoms with Gasteiger partial charge in [0.25, 0.3) is 0 Å². The molecule has 7 heteroatoms. The van der Waals surface area contributed by atoms with E-state index in [0.717, 1.165) is 37.7 Å². The minimum absolute atomic E-state index is 0.101. The maximum absolute atomic E-state index is 10.8. The number of rotatable bonds is 11. The molecule has 1 aromatic carbocycles. The van der Waals surface area contributed by atoms with Crippen LogP contribution in [-0.4, -0.2) is 56.9 Å². The molecule has 0 bridgehead atoms. The Balaban J connectivity index is 2.31. The van der Waals surface area contributed by atoms with Crippen molar-refractivity contribution >= 4 is 0 Å². The lowest BCUT2D eigenvalue weighted by molar-refractivity contribution is -0.312. The van der Waals surface area contributed by atoms with E-state index in [4.69, 9.17) is 9.47 Å². The average Bonchev–Trinajstić information content (AvgIpc) is 2.75. The van der Waals surface area contributed by atoms with Crippen molar-refractivity contribution in [3.8, 4) is 11.5 Å². The highest BCUT2D eigenvalue weighted by atomic mass is 16.7. The number of ether oxygens (including phenoxy) is 2. The van der Waals surface area contributed by atoms with Crippen LogP contribution in [-0.2, 0) is 17.6 Å². The van der Waals surface area contributed by atoms with Crippen LogP contribution in [0.2, 0.25) is 0 Å².